The van der Waals surface area contributed by atoms with Crippen LogP contribution in [0, 0.1) is 6.92 Å². The zero-order valence-corrected chi connectivity index (χ0v) is 11.0. The normalized spacial score (nSPS) is 16.9. The average Bonchev–Trinajstić information content (AvgIpc) is 2.77. The molecule has 0 unspecified atom stereocenters. The van der Waals surface area contributed by atoms with Crippen molar-refractivity contribution in [3.05, 3.63) is 29.3 Å². The topological polar surface area (TPSA) is 67.5 Å². The van der Waals surface area contributed by atoms with Crippen molar-refractivity contribution >= 4 is 11.5 Å². The number of aryl methyl sites for hydroxylation is 1. The van der Waals surface area contributed by atoms with Gasteiger partial charge in [-0.05, 0) is 31.9 Å². The molecule has 1 N–H and O–H groups in total. The summed E-state index contributed by atoms with van der Waals surface area (Å²) in [4.78, 5) is 15.2. The van der Waals surface area contributed by atoms with Crippen LogP contribution in [0.4, 0.5) is 0 Å². The van der Waals surface area contributed by atoms with Crippen LogP contribution >= 0.6 is 0 Å². The summed E-state index contributed by atoms with van der Waals surface area (Å²) in [7, 11) is 0. The molecule has 1 aliphatic carbocycles. The second kappa shape index (κ2) is 4.64. The number of aromatic carboxylic acids is 1. The van der Waals surface area contributed by atoms with Gasteiger partial charge < -0.3 is 5.11 Å². The van der Waals surface area contributed by atoms with Crippen molar-refractivity contribution < 1.29 is 9.90 Å². The zero-order valence-electron chi connectivity index (χ0n) is 11.0. The first kappa shape index (κ1) is 12.1. The van der Waals surface area contributed by atoms with Crippen LogP contribution in [0.25, 0.3) is 5.52 Å². The summed E-state index contributed by atoms with van der Waals surface area (Å²) in [5, 5.41) is 13.7. The van der Waals surface area contributed by atoms with Crippen LogP contribution < -0.4 is 0 Å². The Kier molecular flexibility index (Phi) is 2.97. The molecule has 0 radical (unpaired) electrons. The molecule has 1 fully saturated rings. The van der Waals surface area contributed by atoms with E-state index >= 15 is 0 Å². The number of fused-ring (bicyclic) bond motifs is 1. The van der Waals surface area contributed by atoms with E-state index in [1.807, 2.05) is 12.1 Å². The molecule has 5 nitrogen and oxygen atoms in total. The number of rotatable bonds is 2. The quantitative estimate of drug-likeness (QED) is 0.900. The first-order valence-electron chi connectivity index (χ1n) is 6.76. The summed E-state index contributed by atoms with van der Waals surface area (Å²) in [5.41, 5.74) is 1.72. The summed E-state index contributed by atoms with van der Waals surface area (Å²) >= 11 is 0. The van der Waals surface area contributed by atoms with E-state index in [1.54, 1.807) is 11.4 Å². The maximum atomic E-state index is 11.1. The summed E-state index contributed by atoms with van der Waals surface area (Å²) in [6.45, 7) is 1.79. The van der Waals surface area contributed by atoms with E-state index < -0.39 is 5.97 Å². The predicted molar refractivity (Wildman–Crippen MR) is 70.5 cm³/mol. The van der Waals surface area contributed by atoms with Crippen LogP contribution in [-0.2, 0) is 0 Å². The van der Waals surface area contributed by atoms with Crippen molar-refractivity contribution in [2.75, 3.05) is 0 Å². The number of carboxylic acid groups (broad SMARTS) is 1. The molecule has 100 valence electrons. The molecule has 0 bridgehead atoms. The average molecular weight is 259 g/mol. The molecule has 2 aromatic rings. The lowest BCUT2D eigenvalue weighted by Gasteiger charge is -2.20. The highest BCUT2D eigenvalue weighted by atomic mass is 16.4. The minimum absolute atomic E-state index is 0.0835. The van der Waals surface area contributed by atoms with Crippen LogP contribution in [0.2, 0.25) is 0 Å². The van der Waals surface area contributed by atoms with Gasteiger partial charge in [0.2, 0.25) is 0 Å². The highest BCUT2D eigenvalue weighted by Gasteiger charge is 2.20. The maximum Gasteiger partial charge on any atom is 0.356 e. The van der Waals surface area contributed by atoms with Gasteiger partial charge in [-0.25, -0.2) is 14.3 Å². The highest BCUT2D eigenvalue weighted by molar-refractivity contribution is 5.93. The van der Waals surface area contributed by atoms with E-state index in [4.69, 9.17) is 5.11 Å². The zero-order chi connectivity index (χ0) is 13.4. The molecular weight excluding hydrogens is 242 g/mol. The fourth-order valence-corrected chi connectivity index (χ4v) is 2.90. The van der Waals surface area contributed by atoms with Gasteiger partial charge in [0.05, 0.1) is 11.2 Å². The van der Waals surface area contributed by atoms with Gasteiger partial charge >= 0.3 is 5.97 Å². The minimum atomic E-state index is -1.00. The fraction of sp³-hybridized carbons (Fsp3) is 0.500. The molecule has 2 heterocycles. The second-order valence-electron chi connectivity index (χ2n) is 5.20. The third-order valence-corrected chi connectivity index (χ3v) is 3.90. The van der Waals surface area contributed by atoms with Crippen LogP contribution in [0.1, 0.15) is 60.0 Å². The summed E-state index contributed by atoms with van der Waals surface area (Å²) in [5.74, 6) is 0.135. The standard InChI is InChI=1S/C14H17N3O2/c1-9-15-13(14(18)19)12-8-7-11(16-17(9)12)10-5-3-2-4-6-10/h7-8,10H,2-6H2,1H3,(H,18,19). The lowest BCUT2D eigenvalue weighted by atomic mass is 9.87. The Labute approximate surface area is 111 Å². The monoisotopic (exact) mass is 259 g/mol. The fourth-order valence-electron chi connectivity index (χ4n) is 2.90. The molecular formula is C14H17N3O2. The molecule has 2 aromatic heterocycles. The number of nitrogens with zero attached hydrogens (tertiary/aromatic N) is 3. The van der Waals surface area contributed by atoms with E-state index in [1.165, 1.54) is 32.1 Å². The lowest BCUT2D eigenvalue weighted by molar-refractivity contribution is 0.0693. The van der Waals surface area contributed by atoms with Gasteiger partial charge in [0, 0.05) is 5.92 Å². The number of carboxylic acids is 1. The number of aromatic nitrogens is 3. The molecule has 0 spiro atoms. The first-order chi connectivity index (χ1) is 9.16. The first-order valence-corrected chi connectivity index (χ1v) is 6.76. The SMILES string of the molecule is Cc1nc(C(=O)O)c2ccc(C3CCCCC3)nn12. The van der Waals surface area contributed by atoms with Crippen LogP contribution in [0.15, 0.2) is 12.1 Å². The smallest absolute Gasteiger partial charge is 0.356 e. The van der Waals surface area contributed by atoms with E-state index in [2.05, 4.69) is 10.1 Å². The lowest BCUT2D eigenvalue weighted by Crippen LogP contribution is -2.09. The van der Waals surface area contributed by atoms with E-state index in [9.17, 15) is 4.79 Å². The molecule has 1 saturated carbocycles. The van der Waals surface area contributed by atoms with Gasteiger partial charge in [-0.3, -0.25) is 0 Å². The minimum Gasteiger partial charge on any atom is -0.476 e. The van der Waals surface area contributed by atoms with Gasteiger partial charge in [0.25, 0.3) is 0 Å². The largest absolute Gasteiger partial charge is 0.476 e. The molecule has 0 saturated heterocycles. The molecule has 0 amide bonds. The summed E-state index contributed by atoms with van der Waals surface area (Å²) < 4.78 is 1.66. The summed E-state index contributed by atoms with van der Waals surface area (Å²) in [6.07, 6.45) is 6.18. The van der Waals surface area contributed by atoms with Crippen LogP contribution in [0.3, 0.4) is 0 Å². The Bertz CT molecular complexity index is 627. The molecule has 19 heavy (non-hydrogen) atoms. The van der Waals surface area contributed by atoms with Gasteiger partial charge in [0.15, 0.2) is 5.69 Å². The number of imidazole rings is 1. The Morgan fingerprint density at radius 1 is 1.32 bits per heavy atom. The predicted octanol–water partition coefficient (Wildman–Crippen LogP) is 2.78. The number of hydrogen-bond donors (Lipinski definition) is 1. The van der Waals surface area contributed by atoms with Crippen LogP contribution in [0.5, 0.6) is 0 Å². The van der Waals surface area contributed by atoms with E-state index in [-0.39, 0.29) is 5.69 Å². The van der Waals surface area contributed by atoms with E-state index in [0.717, 1.165) is 5.69 Å². The van der Waals surface area contributed by atoms with Crippen molar-refractivity contribution in [1.82, 2.24) is 14.6 Å². The van der Waals surface area contributed by atoms with Gasteiger partial charge in [-0.15, -0.1) is 0 Å². The molecule has 1 aliphatic rings. The van der Waals surface area contributed by atoms with Crippen molar-refractivity contribution in [1.29, 1.82) is 0 Å². The Morgan fingerprint density at radius 3 is 2.74 bits per heavy atom. The van der Waals surface area contributed by atoms with Gasteiger partial charge in [-0.1, -0.05) is 19.3 Å². The Balaban J connectivity index is 2.05. The number of hydrogen-bond acceptors (Lipinski definition) is 3. The van der Waals surface area contributed by atoms with Gasteiger partial charge in [0.1, 0.15) is 5.82 Å². The van der Waals surface area contributed by atoms with E-state index in [0.29, 0.717) is 17.3 Å². The number of carbonyl (C=O) groups is 1. The summed E-state index contributed by atoms with van der Waals surface area (Å²) in [6, 6.07) is 3.79. The van der Waals surface area contributed by atoms with Crippen LogP contribution in [-0.4, -0.2) is 25.7 Å². The molecule has 5 heteroatoms. The molecule has 0 aliphatic heterocycles. The van der Waals surface area contributed by atoms with Crippen molar-refractivity contribution in [2.24, 2.45) is 0 Å². The van der Waals surface area contributed by atoms with Gasteiger partial charge in [-0.2, -0.15) is 5.10 Å². The highest BCUT2D eigenvalue weighted by Crippen LogP contribution is 2.31. The third kappa shape index (κ3) is 2.09. The molecule has 3 rings (SSSR count). The van der Waals surface area contributed by atoms with Crippen molar-refractivity contribution in [2.45, 2.75) is 44.9 Å². The van der Waals surface area contributed by atoms with Crippen molar-refractivity contribution in [3.63, 3.8) is 0 Å². The molecule has 0 atom stereocenters. The third-order valence-electron chi connectivity index (χ3n) is 3.90. The Morgan fingerprint density at radius 2 is 2.05 bits per heavy atom. The second-order valence-corrected chi connectivity index (χ2v) is 5.20. The van der Waals surface area contributed by atoms with Crippen molar-refractivity contribution in [3.8, 4) is 0 Å². The maximum absolute atomic E-state index is 11.1. The molecule has 0 aromatic carbocycles. The Hall–Kier alpha value is -1.91.